The normalized spacial score (nSPS) is 11.2. The first kappa shape index (κ1) is 17.8. The molecule has 0 atom stereocenters. The largest absolute Gasteiger partial charge is 0.462 e. The molecule has 1 aromatic rings. The number of esters is 1. The summed E-state index contributed by atoms with van der Waals surface area (Å²) in [5.41, 5.74) is -0.218. The minimum absolute atomic E-state index is 0.0217. The van der Waals surface area contributed by atoms with Crippen molar-refractivity contribution < 1.29 is 14.3 Å². The molecule has 114 valence electrons. The number of ketones is 1. The van der Waals surface area contributed by atoms with Gasteiger partial charge in [-0.25, -0.2) is 9.78 Å². The highest BCUT2D eigenvalue weighted by atomic mass is 35.5. The summed E-state index contributed by atoms with van der Waals surface area (Å²) in [6, 6.07) is 0. The van der Waals surface area contributed by atoms with E-state index < -0.39 is 11.8 Å². The Balaban J connectivity index is 3.23. The number of pyridine rings is 1. The molecule has 1 rings (SSSR count). The van der Waals surface area contributed by atoms with Gasteiger partial charge in [0, 0.05) is 18.9 Å². The fourth-order valence-electron chi connectivity index (χ4n) is 1.38. The smallest absolute Gasteiger partial charge is 0.343 e. The molecule has 0 unspecified atom stereocenters. The molecule has 0 fully saturated rings. The maximum absolute atomic E-state index is 12.4. The van der Waals surface area contributed by atoms with Crippen LogP contribution in [-0.2, 0) is 9.53 Å². The highest BCUT2D eigenvalue weighted by Gasteiger charge is 2.25. The van der Waals surface area contributed by atoms with E-state index >= 15 is 0 Å². The molecule has 21 heavy (non-hydrogen) atoms. The molecule has 0 saturated heterocycles. The average Bonchev–Trinajstić information content (AvgIpc) is 2.45. The van der Waals surface area contributed by atoms with Gasteiger partial charge in [0.1, 0.15) is 10.7 Å². The lowest BCUT2D eigenvalue weighted by Crippen LogP contribution is -2.20. The molecule has 1 aromatic heterocycles. The lowest BCUT2D eigenvalue weighted by atomic mass is 10.1. The molecule has 0 aromatic carbocycles. The van der Waals surface area contributed by atoms with E-state index in [1.807, 2.05) is 6.92 Å². The Hall–Kier alpha value is -1.30. The van der Waals surface area contributed by atoms with Gasteiger partial charge in [0.15, 0.2) is 0 Å². The van der Waals surface area contributed by atoms with Crippen LogP contribution in [0.2, 0.25) is 15.2 Å². The van der Waals surface area contributed by atoms with Gasteiger partial charge in [-0.2, -0.15) is 0 Å². The summed E-state index contributed by atoms with van der Waals surface area (Å²) in [7, 11) is 0. The van der Waals surface area contributed by atoms with Crippen molar-refractivity contribution in [2.45, 2.75) is 13.8 Å². The van der Waals surface area contributed by atoms with Crippen molar-refractivity contribution in [2.24, 2.45) is 0 Å². The molecule has 0 aliphatic rings. The number of Topliss-reactive ketones (excluding diaryl/α,β-unsaturated/α-hetero) is 1. The average molecular weight is 352 g/mol. The van der Waals surface area contributed by atoms with Crippen molar-refractivity contribution in [1.29, 1.82) is 0 Å². The zero-order chi connectivity index (χ0) is 16.0. The van der Waals surface area contributed by atoms with Gasteiger partial charge in [0.2, 0.25) is 5.78 Å². The second-order valence-electron chi connectivity index (χ2n) is 3.76. The minimum Gasteiger partial charge on any atom is -0.462 e. The number of carbonyl (C=O) groups excluding carboxylic acids is 2. The highest BCUT2D eigenvalue weighted by Crippen LogP contribution is 2.31. The second kappa shape index (κ2) is 8.22. The quantitative estimate of drug-likeness (QED) is 0.213. The Labute approximate surface area is 137 Å². The van der Waals surface area contributed by atoms with Gasteiger partial charge in [-0.05, 0) is 13.8 Å². The van der Waals surface area contributed by atoms with E-state index in [1.165, 1.54) is 6.20 Å². The van der Waals surface area contributed by atoms with E-state index in [0.29, 0.717) is 6.54 Å². The Bertz CT molecular complexity index is 588. The van der Waals surface area contributed by atoms with Gasteiger partial charge in [-0.15, -0.1) is 0 Å². The van der Waals surface area contributed by atoms with E-state index in [4.69, 9.17) is 39.5 Å². The third-order valence-corrected chi connectivity index (χ3v) is 3.59. The Morgan fingerprint density at radius 2 is 1.95 bits per heavy atom. The Morgan fingerprint density at radius 3 is 2.52 bits per heavy atom. The van der Waals surface area contributed by atoms with E-state index in [1.54, 1.807) is 6.92 Å². The summed E-state index contributed by atoms with van der Waals surface area (Å²) in [6.45, 7) is 4.13. The Morgan fingerprint density at radius 1 is 1.29 bits per heavy atom. The molecule has 0 saturated carbocycles. The zero-order valence-corrected chi connectivity index (χ0v) is 13.6. The van der Waals surface area contributed by atoms with Gasteiger partial charge in [0.25, 0.3) is 0 Å². The van der Waals surface area contributed by atoms with Crippen LogP contribution in [0.15, 0.2) is 18.0 Å². The minimum atomic E-state index is -0.759. The van der Waals surface area contributed by atoms with Crippen LogP contribution >= 0.6 is 34.8 Å². The van der Waals surface area contributed by atoms with Crippen molar-refractivity contribution >= 4 is 46.6 Å². The number of aromatic nitrogens is 1. The molecule has 0 bridgehead atoms. The van der Waals surface area contributed by atoms with Crippen LogP contribution < -0.4 is 5.32 Å². The van der Waals surface area contributed by atoms with Gasteiger partial charge in [-0.1, -0.05) is 34.8 Å². The first-order valence-corrected chi connectivity index (χ1v) is 7.22. The molecule has 0 spiro atoms. The standard InChI is InChI=1S/C13H13Cl3N2O3/c1-3-17-5-8(13(20)21-4-2)11(19)7-6-18-12(16)10(15)9(7)14/h5-6,17H,3-4H2,1-2H3. The number of hydrogen-bond acceptors (Lipinski definition) is 5. The van der Waals surface area contributed by atoms with E-state index in [9.17, 15) is 9.59 Å². The maximum atomic E-state index is 12.4. The number of nitrogens with zero attached hydrogens (tertiary/aromatic N) is 1. The molecule has 0 aliphatic heterocycles. The summed E-state index contributed by atoms with van der Waals surface area (Å²) in [6.07, 6.45) is 2.44. The second-order valence-corrected chi connectivity index (χ2v) is 4.87. The molecule has 5 nitrogen and oxygen atoms in total. The summed E-state index contributed by atoms with van der Waals surface area (Å²) < 4.78 is 4.85. The van der Waals surface area contributed by atoms with Crippen LogP contribution in [0.5, 0.6) is 0 Å². The van der Waals surface area contributed by atoms with Gasteiger partial charge < -0.3 is 10.1 Å². The molecule has 8 heteroatoms. The highest BCUT2D eigenvalue weighted by molar-refractivity contribution is 6.49. The van der Waals surface area contributed by atoms with E-state index in [-0.39, 0.29) is 32.9 Å². The van der Waals surface area contributed by atoms with Crippen LogP contribution in [0.4, 0.5) is 0 Å². The van der Waals surface area contributed by atoms with Crippen LogP contribution in [0.25, 0.3) is 0 Å². The number of hydrogen-bond donors (Lipinski definition) is 1. The van der Waals surface area contributed by atoms with E-state index in [0.717, 1.165) is 6.20 Å². The van der Waals surface area contributed by atoms with Gasteiger partial charge in [0.05, 0.1) is 22.2 Å². The predicted octanol–water partition coefficient (Wildman–Crippen LogP) is 3.28. The Kier molecular flexibility index (Phi) is 6.95. The predicted molar refractivity (Wildman–Crippen MR) is 82.0 cm³/mol. The number of carbonyl (C=O) groups is 2. The van der Waals surface area contributed by atoms with Crippen LogP contribution in [-0.4, -0.2) is 29.9 Å². The number of rotatable bonds is 6. The monoisotopic (exact) mass is 350 g/mol. The van der Waals surface area contributed by atoms with Crippen LogP contribution in [0.3, 0.4) is 0 Å². The van der Waals surface area contributed by atoms with Crippen molar-refractivity contribution in [1.82, 2.24) is 10.3 Å². The summed E-state index contributed by atoms with van der Waals surface area (Å²) in [4.78, 5) is 28.0. The lowest BCUT2D eigenvalue weighted by molar-refractivity contribution is -0.138. The van der Waals surface area contributed by atoms with Crippen LogP contribution in [0.1, 0.15) is 24.2 Å². The number of halogens is 3. The molecule has 1 N–H and O–H groups in total. The lowest BCUT2D eigenvalue weighted by Gasteiger charge is -2.09. The molecular weight excluding hydrogens is 339 g/mol. The summed E-state index contributed by atoms with van der Waals surface area (Å²) in [5, 5.41) is 2.65. The van der Waals surface area contributed by atoms with Crippen molar-refractivity contribution in [2.75, 3.05) is 13.2 Å². The third-order valence-electron chi connectivity index (χ3n) is 2.35. The summed E-state index contributed by atoms with van der Waals surface area (Å²) >= 11 is 17.5. The first-order chi connectivity index (χ1) is 9.93. The maximum Gasteiger partial charge on any atom is 0.343 e. The first-order valence-electron chi connectivity index (χ1n) is 6.08. The van der Waals surface area contributed by atoms with Gasteiger partial charge in [-0.3, -0.25) is 4.79 Å². The van der Waals surface area contributed by atoms with Crippen molar-refractivity contribution in [3.8, 4) is 0 Å². The fourth-order valence-corrected chi connectivity index (χ4v) is 1.94. The van der Waals surface area contributed by atoms with Crippen LogP contribution in [0, 0.1) is 0 Å². The molecule has 0 amide bonds. The van der Waals surface area contributed by atoms with Gasteiger partial charge >= 0.3 is 5.97 Å². The van der Waals surface area contributed by atoms with Crippen molar-refractivity contribution in [3.63, 3.8) is 0 Å². The number of ether oxygens (including phenoxy) is 1. The SMILES string of the molecule is CCNC=C(C(=O)OCC)C(=O)c1cnc(Cl)c(Cl)c1Cl. The van der Waals surface area contributed by atoms with E-state index in [2.05, 4.69) is 10.3 Å². The molecule has 0 radical (unpaired) electrons. The molecule has 1 heterocycles. The summed E-state index contributed by atoms with van der Waals surface area (Å²) in [5.74, 6) is -1.41. The van der Waals surface area contributed by atoms with Crippen molar-refractivity contribution in [3.05, 3.63) is 38.7 Å². The molecular formula is C13H13Cl3N2O3. The zero-order valence-electron chi connectivity index (χ0n) is 11.4. The number of nitrogens with one attached hydrogen (secondary N) is 1. The topological polar surface area (TPSA) is 68.3 Å². The molecule has 0 aliphatic carbocycles. The fraction of sp³-hybridized carbons (Fsp3) is 0.308. The third kappa shape index (κ3) is 4.33.